The summed E-state index contributed by atoms with van der Waals surface area (Å²) >= 11 is 0. The Balaban J connectivity index is 1.77. The minimum absolute atomic E-state index is 0.0436. The van der Waals surface area contributed by atoms with Crippen LogP contribution >= 0.6 is 0 Å². The first-order valence-corrected chi connectivity index (χ1v) is 8.77. The number of rotatable bonds is 5. The van der Waals surface area contributed by atoms with Gasteiger partial charge < -0.3 is 15.5 Å². The molecule has 0 fully saturated rings. The van der Waals surface area contributed by atoms with Crippen LogP contribution in [0.3, 0.4) is 0 Å². The number of nitrogens with zero attached hydrogens (tertiary/aromatic N) is 1. The molecular formula is C20H22FN3O2. The molecule has 5 nitrogen and oxygen atoms in total. The van der Waals surface area contributed by atoms with Crippen LogP contribution in [0.2, 0.25) is 0 Å². The van der Waals surface area contributed by atoms with E-state index in [-0.39, 0.29) is 18.2 Å². The number of hydrogen-bond donors (Lipinski definition) is 2. The molecule has 0 spiro atoms. The van der Waals surface area contributed by atoms with Gasteiger partial charge in [-0.05, 0) is 55.8 Å². The maximum Gasteiger partial charge on any atom is 0.232 e. The van der Waals surface area contributed by atoms with E-state index in [1.54, 1.807) is 6.07 Å². The monoisotopic (exact) mass is 355 g/mol. The number of carbonyl (C=O) groups excluding carboxylic acids is 2. The topological polar surface area (TPSA) is 61.4 Å². The third-order valence-electron chi connectivity index (χ3n) is 4.63. The van der Waals surface area contributed by atoms with Gasteiger partial charge in [0.25, 0.3) is 0 Å². The van der Waals surface area contributed by atoms with Crippen molar-refractivity contribution < 1.29 is 14.0 Å². The number of fused-ring (bicyclic) bond motifs is 1. The van der Waals surface area contributed by atoms with E-state index >= 15 is 0 Å². The largest absolute Gasteiger partial charge is 0.372 e. The highest BCUT2D eigenvalue weighted by molar-refractivity contribution is 6.05. The normalized spacial score (nSPS) is 15.8. The van der Waals surface area contributed by atoms with Crippen LogP contribution in [-0.2, 0) is 9.59 Å². The fourth-order valence-electron chi connectivity index (χ4n) is 3.24. The molecule has 6 heteroatoms. The van der Waals surface area contributed by atoms with E-state index in [1.165, 1.54) is 12.1 Å². The molecule has 26 heavy (non-hydrogen) atoms. The molecule has 1 unspecified atom stereocenters. The second-order valence-electron chi connectivity index (χ2n) is 6.24. The van der Waals surface area contributed by atoms with E-state index in [0.29, 0.717) is 16.9 Å². The van der Waals surface area contributed by atoms with Crippen molar-refractivity contribution in [1.29, 1.82) is 0 Å². The van der Waals surface area contributed by atoms with Crippen molar-refractivity contribution in [3.05, 3.63) is 53.8 Å². The minimum Gasteiger partial charge on any atom is -0.372 e. The van der Waals surface area contributed by atoms with E-state index in [4.69, 9.17) is 0 Å². The third kappa shape index (κ3) is 3.69. The third-order valence-corrected chi connectivity index (χ3v) is 4.63. The Bertz CT molecular complexity index is 816. The molecule has 0 aliphatic carbocycles. The zero-order chi connectivity index (χ0) is 18.7. The van der Waals surface area contributed by atoms with Crippen LogP contribution in [0.1, 0.15) is 31.7 Å². The van der Waals surface area contributed by atoms with Crippen molar-refractivity contribution in [2.45, 2.75) is 26.2 Å². The number of hydrogen-bond acceptors (Lipinski definition) is 3. The fourth-order valence-corrected chi connectivity index (χ4v) is 3.24. The number of halogens is 1. The zero-order valence-corrected chi connectivity index (χ0v) is 14.9. The molecule has 1 aliphatic heterocycles. The maximum atomic E-state index is 13.4. The Morgan fingerprint density at radius 2 is 1.88 bits per heavy atom. The van der Waals surface area contributed by atoms with Crippen LogP contribution in [0, 0.1) is 5.82 Å². The van der Waals surface area contributed by atoms with E-state index in [0.717, 1.165) is 18.8 Å². The van der Waals surface area contributed by atoms with Crippen molar-refractivity contribution in [2.24, 2.45) is 0 Å². The summed E-state index contributed by atoms with van der Waals surface area (Å²) < 4.78 is 13.4. The summed E-state index contributed by atoms with van der Waals surface area (Å²) in [6.45, 7) is 6.00. The van der Waals surface area contributed by atoms with Gasteiger partial charge in [-0.25, -0.2) is 4.39 Å². The molecular weight excluding hydrogens is 333 g/mol. The number of anilines is 3. The molecule has 0 saturated carbocycles. The Kier molecular flexibility index (Phi) is 5.21. The van der Waals surface area contributed by atoms with Gasteiger partial charge >= 0.3 is 0 Å². The molecule has 0 radical (unpaired) electrons. The average Bonchev–Trinajstić information content (AvgIpc) is 2.63. The summed E-state index contributed by atoms with van der Waals surface area (Å²) in [6, 6.07) is 11.7. The molecule has 0 aromatic heterocycles. The summed E-state index contributed by atoms with van der Waals surface area (Å²) in [5.74, 6) is -1.65. The Labute approximate surface area is 152 Å². The second kappa shape index (κ2) is 7.56. The number of amides is 2. The predicted molar refractivity (Wildman–Crippen MR) is 101 cm³/mol. The SMILES string of the molecule is CCN(CC)c1ccc(NC(=O)C2CC(=O)Nc3cc(F)ccc32)cc1. The molecule has 1 heterocycles. The van der Waals surface area contributed by atoms with Crippen LogP contribution in [-0.4, -0.2) is 24.9 Å². The van der Waals surface area contributed by atoms with Crippen molar-refractivity contribution in [2.75, 3.05) is 28.6 Å². The smallest absolute Gasteiger partial charge is 0.232 e. The maximum absolute atomic E-state index is 13.4. The van der Waals surface area contributed by atoms with Crippen molar-refractivity contribution in [3.63, 3.8) is 0 Å². The summed E-state index contributed by atoms with van der Waals surface area (Å²) in [5.41, 5.74) is 2.74. The lowest BCUT2D eigenvalue weighted by atomic mass is 9.89. The lowest BCUT2D eigenvalue weighted by Gasteiger charge is -2.25. The highest BCUT2D eigenvalue weighted by Crippen LogP contribution is 2.33. The first-order chi connectivity index (χ1) is 12.5. The lowest BCUT2D eigenvalue weighted by molar-refractivity contribution is -0.123. The van der Waals surface area contributed by atoms with Crippen LogP contribution in [0.15, 0.2) is 42.5 Å². The number of carbonyl (C=O) groups is 2. The standard InChI is InChI=1S/C20H22FN3O2/c1-3-24(4-2)15-8-6-14(7-9-15)22-20(26)17-12-19(25)23-18-11-13(21)5-10-16(17)18/h5-11,17H,3-4,12H2,1-2H3,(H,22,26)(H,23,25). The van der Waals surface area contributed by atoms with E-state index < -0.39 is 11.7 Å². The van der Waals surface area contributed by atoms with Gasteiger partial charge in [0, 0.05) is 36.6 Å². The highest BCUT2D eigenvalue weighted by Gasteiger charge is 2.31. The van der Waals surface area contributed by atoms with Gasteiger partial charge in [0.2, 0.25) is 11.8 Å². The van der Waals surface area contributed by atoms with Gasteiger partial charge in [0.1, 0.15) is 5.82 Å². The molecule has 1 atom stereocenters. The predicted octanol–water partition coefficient (Wildman–Crippen LogP) is 3.74. The van der Waals surface area contributed by atoms with Crippen LogP contribution < -0.4 is 15.5 Å². The molecule has 1 aliphatic rings. The molecule has 136 valence electrons. The van der Waals surface area contributed by atoms with Crippen molar-refractivity contribution >= 4 is 28.9 Å². The van der Waals surface area contributed by atoms with Gasteiger partial charge in [-0.2, -0.15) is 0 Å². The molecule has 2 aromatic carbocycles. The Hall–Kier alpha value is -2.89. The Morgan fingerprint density at radius 1 is 1.19 bits per heavy atom. The average molecular weight is 355 g/mol. The lowest BCUT2D eigenvalue weighted by Crippen LogP contribution is -2.30. The highest BCUT2D eigenvalue weighted by atomic mass is 19.1. The fraction of sp³-hybridized carbons (Fsp3) is 0.300. The molecule has 0 bridgehead atoms. The van der Waals surface area contributed by atoms with Crippen LogP contribution in [0.4, 0.5) is 21.5 Å². The first kappa shape index (κ1) is 17.9. The molecule has 0 saturated heterocycles. The quantitative estimate of drug-likeness (QED) is 0.859. The van der Waals surface area contributed by atoms with E-state index in [2.05, 4.69) is 29.4 Å². The van der Waals surface area contributed by atoms with Crippen molar-refractivity contribution in [1.82, 2.24) is 0 Å². The van der Waals surface area contributed by atoms with Gasteiger partial charge in [-0.15, -0.1) is 0 Å². The first-order valence-electron chi connectivity index (χ1n) is 8.77. The van der Waals surface area contributed by atoms with Gasteiger partial charge in [-0.3, -0.25) is 9.59 Å². The zero-order valence-electron chi connectivity index (χ0n) is 14.9. The van der Waals surface area contributed by atoms with E-state index in [1.807, 2.05) is 24.3 Å². The van der Waals surface area contributed by atoms with Crippen LogP contribution in [0.25, 0.3) is 0 Å². The van der Waals surface area contributed by atoms with E-state index in [9.17, 15) is 14.0 Å². The summed E-state index contributed by atoms with van der Waals surface area (Å²) in [7, 11) is 0. The molecule has 2 amide bonds. The van der Waals surface area contributed by atoms with Crippen molar-refractivity contribution in [3.8, 4) is 0 Å². The summed E-state index contributed by atoms with van der Waals surface area (Å²) in [6.07, 6.45) is 0.0436. The van der Waals surface area contributed by atoms with Gasteiger partial charge in [0.05, 0.1) is 5.92 Å². The number of benzene rings is 2. The molecule has 3 rings (SSSR count). The minimum atomic E-state index is -0.637. The second-order valence-corrected chi connectivity index (χ2v) is 6.24. The van der Waals surface area contributed by atoms with Gasteiger partial charge in [-0.1, -0.05) is 6.07 Å². The summed E-state index contributed by atoms with van der Waals surface area (Å²) in [5, 5.41) is 5.48. The van der Waals surface area contributed by atoms with Crippen LogP contribution in [0.5, 0.6) is 0 Å². The van der Waals surface area contributed by atoms with Gasteiger partial charge in [0.15, 0.2) is 0 Å². The summed E-state index contributed by atoms with van der Waals surface area (Å²) in [4.78, 5) is 26.8. The molecule has 2 N–H and O–H groups in total. The molecule has 2 aromatic rings. The number of nitrogens with one attached hydrogen (secondary N) is 2. The Morgan fingerprint density at radius 3 is 2.54 bits per heavy atom.